The van der Waals surface area contributed by atoms with E-state index in [4.69, 9.17) is 15.0 Å². The summed E-state index contributed by atoms with van der Waals surface area (Å²) in [5.41, 5.74) is 15.8. The van der Waals surface area contributed by atoms with Crippen LogP contribution in [0.4, 0.5) is 47.3 Å². The molecule has 12 heteroatoms. The van der Waals surface area contributed by atoms with E-state index in [2.05, 4.69) is 94.7 Å². The van der Waals surface area contributed by atoms with Gasteiger partial charge in [-0.15, -0.1) is 0 Å². The van der Waals surface area contributed by atoms with Gasteiger partial charge in [0.1, 0.15) is 0 Å². The predicted molar refractivity (Wildman–Crippen MR) is 330 cm³/mol. The van der Waals surface area contributed by atoms with E-state index in [1.165, 1.54) is 6.07 Å². The molecule has 2 aliphatic heterocycles. The molecule has 0 atom stereocenters. The fourth-order valence-electron chi connectivity index (χ4n) is 12.3. The summed E-state index contributed by atoms with van der Waals surface area (Å²) < 4.78 is 47.5. The Bertz CT molecular complexity index is 4680. The summed E-state index contributed by atoms with van der Waals surface area (Å²) in [6.45, 7) is -0.357. The summed E-state index contributed by atoms with van der Waals surface area (Å²) in [6, 6.07) is 86.6. The molecule has 0 bridgehead atoms. The molecule has 394 valence electrons. The first-order chi connectivity index (χ1) is 41.2. The normalized spacial score (nSPS) is 12.4. The van der Waals surface area contributed by atoms with Crippen LogP contribution in [0.3, 0.4) is 0 Å². The number of nitrogens with zero attached hydrogens (tertiary/aromatic N) is 8. The van der Waals surface area contributed by atoms with E-state index in [0.717, 1.165) is 107 Å². The fourth-order valence-corrected chi connectivity index (χ4v) is 12.3. The van der Waals surface area contributed by atoms with Crippen molar-refractivity contribution in [3.63, 3.8) is 0 Å². The Morgan fingerprint density at radius 2 is 0.845 bits per heavy atom. The van der Waals surface area contributed by atoms with Crippen molar-refractivity contribution in [3.05, 3.63) is 271 Å². The Balaban J connectivity index is 1.00. The second-order valence-corrected chi connectivity index (χ2v) is 20.9. The highest BCUT2D eigenvalue weighted by molar-refractivity contribution is 7.00. The largest absolute Gasteiger partial charge is 0.416 e. The minimum absolute atomic E-state index is 0.0813. The van der Waals surface area contributed by atoms with Crippen LogP contribution < -0.4 is 26.2 Å². The predicted octanol–water partition coefficient (Wildman–Crippen LogP) is 16.1. The number of aromatic nitrogens is 4. The highest BCUT2D eigenvalue weighted by Crippen LogP contribution is 2.48. The zero-order chi connectivity index (χ0) is 56.6. The first kappa shape index (κ1) is 49.7. The molecule has 0 N–H and O–H groups in total. The van der Waals surface area contributed by atoms with Crippen LogP contribution in [0.2, 0.25) is 0 Å². The second kappa shape index (κ2) is 19.7. The topological polar surface area (TPSA) is 97.7 Å². The minimum Gasteiger partial charge on any atom is -0.311 e. The van der Waals surface area contributed by atoms with Crippen molar-refractivity contribution in [1.29, 1.82) is 10.5 Å². The average Bonchev–Trinajstić information content (AvgIpc) is 0.802. The van der Waals surface area contributed by atoms with Crippen molar-refractivity contribution in [2.24, 2.45) is 0 Å². The third-order valence-corrected chi connectivity index (χ3v) is 16.1. The van der Waals surface area contributed by atoms with Gasteiger partial charge in [-0.25, -0.2) is 15.0 Å². The molecule has 4 heterocycles. The van der Waals surface area contributed by atoms with Gasteiger partial charge in [0, 0.05) is 61.6 Å². The van der Waals surface area contributed by atoms with Crippen molar-refractivity contribution >= 4 is 79.0 Å². The highest BCUT2D eigenvalue weighted by Gasteiger charge is 2.44. The van der Waals surface area contributed by atoms with Crippen LogP contribution in [-0.4, -0.2) is 26.2 Å². The van der Waals surface area contributed by atoms with Crippen LogP contribution in [0.15, 0.2) is 255 Å². The smallest absolute Gasteiger partial charge is 0.311 e. The van der Waals surface area contributed by atoms with Crippen LogP contribution in [0.5, 0.6) is 0 Å². The molecule has 11 aromatic carbocycles. The van der Waals surface area contributed by atoms with Gasteiger partial charge in [-0.1, -0.05) is 146 Å². The summed E-state index contributed by atoms with van der Waals surface area (Å²) in [5.74, 6) is 0.718. The number of nitriles is 2. The zero-order valence-electron chi connectivity index (χ0n) is 44.5. The Hall–Kier alpha value is -11.3. The molecule has 84 heavy (non-hydrogen) atoms. The Kier molecular flexibility index (Phi) is 11.7. The van der Waals surface area contributed by atoms with Crippen LogP contribution in [0.25, 0.3) is 83.9 Å². The summed E-state index contributed by atoms with van der Waals surface area (Å²) in [4.78, 5) is 19.4. The van der Waals surface area contributed by atoms with Gasteiger partial charge in [-0.3, -0.25) is 0 Å². The molecule has 2 aliphatic rings. The molecule has 0 aliphatic carbocycles. The van der Waals surface area contributed by atoms with Gasteiger partial charge < -0.3 is 14.4 Å². The SMILES string of the molecule is N#Cc1ccc2c(c1)B1c3cc(C#N)ccc3N(c3ccccc3)c3cc(-c4ccc5c(c4)c4ccc(-c6ccccc6)cc4n5-c4ccc(C(F)(F)F)cc4-c4nc(-c5ccccc5)nc(-c5ccccc5)n4)cc(c31)N2c1ccccc1. The van der Waals surface area contributed by atoms with Crippen molar-refractivity contribution in [2.75, 3.05) is 9.80 Å². The molecule has 0 amide bonds. The van der Waals surface area contributed by atoms with E-state index < -0.39 is 11.7 Å². The summed E-state index contributed by atoms with van der Waals surface area (Å²) >= 11 is 0. The fraction of sp³-hybridized carbons (Fsp3) is 0.0139. The molecule has 2 aromatic heterocycles. The number of fused-ring (bicyclic) bond motifs is 7. The van der Waals surface area contributed by atoms with Crippen LogP contribution in [-0.2, 0) is 6.18 Å². The lowest BCUT2D eigenvalue weighted by Crippen LogP contribution is -2.61. The van der Waals surface area contributed by atoms with E-state index >= 15 is 13.2 Å². The Morgan fingerprint density at radius 1 is 0.369 bits per heavy atom. The molecule has 0 unspecified atom stereocenters. The molecule has 0 saturated carbocycles. The van der Waals surface area contributed by atoms with Gasteiger partial charge in [-0.05, 0) is 148 Å². The van der Waals surface area contributed by atoms with Gasteiger partial charge in [-0.2, -0.15) is 23.7 Å². The lowest BCUT2D eigenvalue weighted by atomic mass is 9.33. The van der Waals surface area contributed by atoms with Crippen LogP contribution in [0.1, 0.15) is 16.7 Å². The molecule has 0 saturated heterocycles. The average molecular weight is 1090 g/mol. The lowest BCUT2D eigenvalue weighted by Gasteiger charge is -2.44. The van der Waals surface area contributed by atoms with Crippen molar-refractivity contribution in [3.8, 4) is 74.2 Å². The number of anilines is 6. The standard InChI is InChI=1S/C72H42BF3N8/c74-72(75,76)53-30-35-62(58(42-53)71-80-69(48-18-8-2-9-19-48)79-70(81-71)49-20-10-3-11-21-49)84-61-34-29-50(38-57(61)56-31-28-51(39-65(56)84)47-16-6-1-7-17-47)52-40-66-68-67(41-52)83(55-24-14-5-15-25-55)64-33-27-46(44-78)37-60(64)73(68)59-36-45(43-77)26-32-63(59)82(66)54-22-12-4-13-23-54/h1-42H. The molecule has 0 radical (unpaired) electrons. The van der Waals surface area contributed by atoms with E-state index in [9.17, 15) is 10.5 Å². The third kappa shape index (κ3) is 8.27. The van der Waals surface area contributed by atoms with E-state index in [1.54, 1.807) is 0 Å². The number of halogens is 3. The van der Waals surface area contributed by atoms with E-state index in [1.807, 2.05) is 168 Å². The van der Waals surface area contributed by atoms with E-state index in [0.29, 0.717) is 39.6 Å². The maximum absolute atomic E-state index is 15.1. The molecule has 0 spiro atoms. The van der Waals surface area contributed by atoms with Crippen LogP contribution in [0, 0.1) is 22.7 Å². The number of rotatable bonds is 8. The minimum atomic E-state index is -4.69. The summed E-state index contributed by atoms with van der Waals surface area (Å²) in [7, 11) is 0. The van der Waals surface area contributed by atoms with Crippen molar-refractivity contribution in [2.45, 2.75) is 6.18 Å². The van der Waals surface area contributed by atoms with E-state index in [-0.39, 0.29) is 18.1 Å². The Labute approximate surface area is 481 Å². The number of alkyl halides is 3. The first-order valence-corrected chi connectivity index (χ1v) is 27.4. The van der Waals surface area contributed by atoms with Crippen LogP contribution >= 0.6 is 0 Å². The second-order valence-electron chi connectivity index (χ2n) is 20.9. The van der Waals surface area contributed by atoms with Gasteiger partial charge in [0.15, 0.2) is 17.5 Å². The van der Waals surface area contributed by atoms with Gasteiger partial charge in [0.25, 0.3) is 6.71 Å². The monoisotopic (exact) mass is 1090 g/mol. The van der Waals surface area contributed by atoms with Gasteiger partial charge in [0.2, 0.25) is 0 Å². The first-order valence-electron chi connectivity index (χ1n) is 27.4. The maximum Gasteiger partial charge on any atom is 0.416 e. The number of benzene rings is 11. The number of hydrogen-bond donors (Lipinski definition) is 0. The van der Waals surface area contributed by atoms with Crippen molar-refractivity contribution < 1.29 is 13.2 Å². The number of para-hydroxylation sites is 2. The molecular formula is C72H42BF3N8. The molecule has 15 rings (SSSR count). The lowest BCUT2D eigenvalue weighted by molar-refractivity contribution is -0.137. The highest BCUT2D eigenvalue weighted by atomic mass is 19.4. The molecular weight excluding hydrogens is 1040 g/mol. The third-order valence-electron chi connectivity index (χ3n) is 16.1. The summed E-state index contributed by atoms with van der Waals surface area (Å²) in [5, 5.41) is 22.5. The maximum atomic E-state index is 15.1. The van der Waals surface area contributed by atoms with Crippen molar-refractivity contribution in [1.82, 2.24) is 19.5 Å². The van der Waals surface area contributed by atoms with Gasteiger partial charge >= 0.3 is 6.18 Å². The van der Waals surface area contributed by atoms with Gasteiger partial charge in [0.05, 0.1) is 45.5 Å². The summed E-state index contributed by atoms with van der Waals surface area (Å²) in [6.07, 6.45) is -4.69. The molecule has 8 nitrogen and oxygen atoms in total. The Morgan fingerprint density at radius 3 is 1.37 bits per heavy atom. The molecule has 13 aromatic rings. The zero-order valence-corrected chi connectivity index (χ0v) is 44.5. The molecule has 0 fully saturated rings. The number of hydrogen-bond acceptors (Lipinski definition) is 7. The quantitative estimate of drug-likeness (QED) is 0.140.